The molecule has 0 bridgehead atoms. The van der Waals surface area contributed by atoms with Crippen molar-refractivity contribution in [3.05, 3.63) is 22.8 Å². The maximum absolute atomic E-state index is 12.3. The van der Waals surface area contributed by atoms with E-state index < -0.39 is 0 Å². The summed E-state index contributed by atoms with van der Waals surface area (Å²) < 4.78 is 0. The first-order valence-electron chi connectivity index (χ1n) is 6.27. The maximum atomic E-state index is 12.3. The molecule has 0 unspecified atom stereocenters. The molecule has 0 atom stereocenters. The number of nitrogens with one attached hydrogen (secondary N) is 1. The predicted molar refractivity (Wildman–Crippen MR) is 75.3 cm³/mol. The third kappa shape index (κ3) is 3.88. The third-order valence-corrected chi connectivity index (χ3v) is 2.94. The Kier molecular flexibility index (Phi) is 5.92. The van der Waals surface area contributed by atoms with Crippen LogP contribution in [0.2, 0.25) is 5.15 Å². The zero-order valence-electron chi connectivity index (χ0n) is 11.2. The van der Waals surface area contributed by atoms with Gasteiger partial charge in [-0.25, -0.2) is 4.98 Å². The van der Waals surface area contributed by atoms with Crippen molar-refractivity contribution in [1.82, 2.24) is 9.88 Å². The number of aromatic nitrogens is 1. The van der Waals surface area contributed by atoms with Gasteiger partial charge in [-0.3, -0.25) is 4.79 Å². The molecule has 1 heterocycles. The molecule has 1 rings (SSSR count). The van der Waals surface area contributed by atoms with Crippen LogP contribution in [0.15, 0.2) is 12.1 Å². The molecule has 0 saturated heterocycles. The Morgan fingerprint density at radius 1 is 1.44 bits per heavy atom. The number of unbranched alkanes of at least 4 members (excludes halogenated alkanes) is 1. The van der Waals surface area contributed by atoms with E-state index >= 15 is 0 Å². The highest BCUT2D eigenvalue weighted by Crippen LogP contribution is 2.16. The number of nitrogens with zero attached hydrogens (tertiary/aromatic N) is 2. The van der Waals surface area contributed by atoms with E-state index in [1.54, 1.807) is 19.2 Å². The number of amides is 1. The monoisotopic (exact) mass is 269 g/mol. The van der Waals surface area contributed by atoms with Crippen LogP contribution in [0.25, 0.3) is 0 Å². The molecule has 5 heteroatoms. The largest absolute Gasteiger partial charge is 0.373 e. The molecule has 0 aliphatic carbocycles. The summed E-state index contributed by atoms with van der Waals surface area (Å²) in [6.07, 6.45) is 2.08. The Morgan fingerprint density at radius 2 is 2.17 bits per heavy atom. The number of anilines is 1. The molecule has 18 heavy (non-hydrogen) atoms. The van der Waals surface area contributed by atoms with Crippen molar-refractivity contribution in [2.75, 3.05) is 25.5 Å². The third-order valence-electron chi connectivity index (χ3n) is 2.75. The lowest BCUT2D eigenvalue weighted by Gasteiger charge is -2.21. The summed E-state index contributed by atoms with van der Waals surface area (Å²) >= 11 is 5.90. The van der Waals surface area contributed by atoms with Gasteiger partial charge in [-0.2, -0.15) is 0 Å². The van der Waals surface area contributed by atoms with E-state index in [1.807, 2.05) is 11.8 Å². The number of hydrogen-bond acceptors (Lipinski definition) is 3. The first-order chi connectivity index (χ1) is 8.62. The second kappa shape index (κ2) is 7.21. The summed E-state index contributed by atoms with van der Waals surface area (Å²) in [4.78, 5) is 18.2. The molecule has 1 amide bonds. The van der Waals surface area contributed by atoms with Crippen LogP contribution in [0.5, 0.6) is 0 Å². The fraction of sp³-hybridized carbons (Fsp3) is 0.538. The Labute approximate surface area is 113 Å². The fourth-order valence-corrected chi connectivity index (χ4v) is 1.89. The Morgan fingerprint density at radius 3 is 2.72 bits per heavy atom. The van der Waals surface area contributed by atoms with Gasteiger partial charge in [-0.1, -0.05) is 24.9 Å². The average Bonchev–Trinajstić information content (AvgIpc) is 2.38. The van der Waals surface area contributed by atoms with Crippen molar-refractivity contribution in [2.24, 2.45) is 0 Å². The zero-order chi connectivity index (χ0) is 13.5. The number of carbonyl (C=O) groups excluding carboxylic acids is 1. The second-order valence-electron chi connectivity index (χ2n) is 4.05. The highest BCUT2D eigenvalue weighted by atomic mass is 35.5. The molecule has 100 valence electrons. The first kappa shape index (κ1) is 14.8. The minimum Gasteiger partial charge on any atom is -0.373 e. The van der Waals surface area contributed by atoms with Crippen molar-refractivity contribution < 1.29 is 4.79 Å². The van der Waals surface area contributed by atoms with Gasteiger partial charge in [0.2, 0.25) is 0 Å². The Bertz CT molecular complexity index is 409. The van der Waals surface area contributed by atoms with Gasteiger partial charge in [0, 0.05) is 25.7 Å². The molecule has 0 aromatic carbocycles. The smallest absolute Gasteiger partial charge is 0.254 e. The molecule has 0 spiro atoms. The van der Waals surface area contributed by atoms with E-state index in [-0.39, 0.29) is 5.91 Å². The standard InChI is InChI=1S/C13H20ClN3O/c1-4-6-7-17(5-2)13(18)10-8-11(14)16-12(9-10)15-3/h8-9H,4-7H2,1-3H3,(H,15,16). The number of hydrogen-bond donors (Lipinski definition) is 1. The Balaban J connectivity index is 2.90. The van der Waals surface area contributed by atoms with E-state index in [9.17, 15) is 4.79 Å². The topological polar surface area (TPSA) is 45.2 Å². The second-order valence-corrected chi connectivity index (χ2v) is 4.44. The van der Waals surface area contributed by atoms with Crippen LogP contribution in [-0.4, -0.2) is 35.9 Å². The SMILES string of the molecule is CCCCN(CC)C(=O)c1cc(Cl)nc(NC)c1. The van der Waals surface area contributed by atoms with E-state index in [1.165, 1.54) is 0 Å². The van der Waals surface area contributed by atoms with Crippen molar-refractivity contribution in [3.63, 3.8) is 0 Å². The average molecular weight is 270 g/mol. The van der Waals surface area contributed by atoms with Crippen molar-refractivity contribution >= 4 is 23.3 Å². The summed E-state index contributed by atoms with van der Waals surface area (Å²) in [5, 5.41) is 3.23. The highest BCUT2D eigenvalue weighted by Gasteiger charge is 2.15. The zero-order valence-corrected chi connectivity index (χ0v) is 11.9. The highest BCUT2D eigenvalue weighted by molar-refractivity contribution is 6.29. The van der Waals surface area contributed by atoms with E-state index in [4.69, 9.17) is 11.6 Å². The van der Waals surface area contributed by atoms with Crippen LogP contribution in [0, 0.1) is 0 Å². The summed E-state index contributed by atoms with van der Waals surface area (Å²) in [6.45, 7) is 5.57. The molecule has 0 radical (unpaired) electrons. The molecular formula is C13H20ClN3O. The predicted octanol–water partition coefficient (Wildman–Crippen LogP) is 3.04. The van der Waals surface area contributed by atoms with Crippen LogP contribution in [0.1, 0.15) is 37.0 Å². The molecule has 1 aromatic heterocycles. The number of halogens is 1. The molecule has 0 fully saturated rings. The quantitative estimate of drug-likeness (QED) is 0.808. The van der Waals surface area contributed by atoms with Crippen molar-refractivity contribution in [2.45, 2.75) is 26.7 Å². The molecule has 1 aromatic rings. The fourth-order valence-electron chi connectivity index (χ4n) is 1.68. The molecule has 4 nitrogen and oxygen atoms in total. The van der Waals surface area contributed by atoms with Crippen LogP contribution >= 0.6 is 11.6 Å². The Hall–Kier alpha value is -1.29. The van der Waals surface area contributed by atoms with Gasteiger partial charge >= 0.3 is 0 Å². The maximum Gasteiger partial charge on any atom is 0.254 e. The first-order valence-corrected chi connectivity index (χ1v) is 6.64. The van der Waals surface area contributed by atoms with E-state index in [0.717, 1.165) is 19.4 Å². The lowest BCUT2D eigenvalue weighted by molar-refractivity contribution is 0.0762. The minimum absolute atomic E-state index is 0.00625. The number of rotatable bonds is 6. The van der Waals surface area contributed by atoms with Gasteiger partial charge in [0.1, 0.15) is 11.0 Å². The molecule has 0 aliphatic rings. The van der Waals surface area contributed by atoms with E-state index in [2.05, 4.69) is 17.2 Å². The van der Waals surface area contributed by atoms with E-state index in [0.29, 0.717) is 23.1 Å². The van der Waals surface area contributed by atoms with Gasteiger partial charge < -0.3 is 10.2 Å². The number of carbonyl (C=O) groups is 1. The lowest BCUT2D eigenvalue weighted by Crippen LogP contribution is -2.31. The molecule has 0 aliphatic heterocycles. The van der Waals surface area contributed by atoms with Crippen LogP contribution < -0.4 is 5.32 Å². The minimum atomic E-state index is 0.00625. The molecule has 1 N–H and O–H groups in total. The van der Waals surface area contributed by atoms with Gasteiger partial charge in [0.15, 0.2) is 0 Å². The van der Waals surface area contributed by atoms with Gasteiger partial charge in [-0.15, -0.1) is 0 Å². The van der Waals surface area contributed by atoms with Gasteiger partial charge in [0.05, 0.1) is 0 Å². The van der Waals surface area contributed by atoms with Gasteiger partial charge in [0.25, 0.3) is 5.91 Å². The lowest BCUT2D eigenvalue weighted by atomic mass is 10.2. The van der Waals surface area contributed by atoms with Crippen molar-refractivity contribution in [3.8, 4) is 0 Å². The van der Waals surface area contributed by atoms with Crippen LogP contribution in [-0.2, 0) is 0 Å². The summed E-state index contributed by atoms with van der Waals surface area (Å²) in [5.74, 6) is 0.615. The number of pyridine rings is 1. The summed E-state index contributed by atoms with van der Waals surface area (Å²) in [5.41, 5.74) is 0.581. The summed E-state index contributed by atoms with van der Waals surface area (Å²) in [7, 11) is 1.75. The van der Waals surface area contributed by atoms with Crippen LogP contribution in [0.4, 0.5) is 5.82 Å². The summed E-state index contributed by atoms with van der Waals surface area (Å²) in [6, 6.07) is 3.34. The van der Waals surface area contributed by atoms with Crippen molar-refractivity contribution in [1.29, 1.82) is 0 Å². The van der Waals surface area contributed by atoms with Gasteiger partial charge in [-0.05, 0) is 25.5 Å². The normalized spacial score (nSPS) is 10.2. The molecular weight excluding hydrogens is 250 g/mol. The van der Waals surface area contributed by atoms with Crippen LogP contribution in [0.3, 0.4) is 0 Å². The molecule has 0 saturated carbocycles.